The third-order valence-electron chi connectivity index (χ3n) is 6.99. The maximum atomic E-state index is 13.5. The van der Waals surface area contributed by atoms with Gasteiger partial charge in [0.05, 0.1) is 23.8 Å². The highest BCUT2D eigenvalue weighted by atomic mass is 19.4. The van der Waals surface area contributed by atoms with Crippen molar-refractivity contribution >= 4 is 11.6 Å². The highest BCUT2D eigenvalue weighted by Gasteiger charge is 2.50. The molecule has 0 N–H and O–H groups in total. The molecule has 0 bridgehead atoms. The van der Waals surface area contributed by atoms with Gasteiger partial charge in [-0.1, -0.05) is 0 Å². The first-order chi connectivity index (χ1) is 16.3. The fraction of sp³-hybridized carbons (Fsp3) is 0.542. The Balaban J connectivity index is 1.51. The average molecular weight is 476 g/mol. The number of amides is 1. The molecule has 10 heteroatoms. The maximum absolute atomic E-state index is 13.5. The van der Waals surface area contributed by atoms with Crippen LogP contribution in [0.25, 0.3) is 0 Å². The van der Waals surface area contributed by atoms with Gasteiger partial charge in [-0.05, 0) is 37.6 Å². The van der Waals surface area contributed by atoms with Crippen molar-refractivity contribution in [2.75, 3.05) is 44.3 Å². The van der Waals surface area contributed by atoms with E-state index in [1.165, 1.54) is 6.07 Å². The number of aryl methyl sites for hydroxylation is 1. The number of piperidine rings is 1. The predicted octanol–water partition coefficient (Wildman–Crippen LogP) is 3.56. The number of anilines is 1. The number of carbonyl (C=O) groups is 1. The molecule has 4 rings (SSSR count). The minimum atomic E-state index is -4.60. The topological polar surface area (TPSA) is 74.4 Å². The molecule has 1 aromatic heterocycles. The smallest absolute Gasteiger partial charge is 0.381 e. The number of carbonyl (C=O) groups excluding carboxylic acids is 1. The van der Waals surface area contributed by atoms with Gasteiger partial charge >= 0.3 is 6.18 Å². The lowest BCUT2D eigenvalue weighted by Gasteiger charge is -2.44. The normalized spacial score (nSPS) is 22.5. The van der Waals surface area contributed by atoms with Gasteiger partial charge in [0.2, 0.25) is 5.91 Å². The van der Waals surface area contributed by atoms with E-state index in [1.54, 1.807) is 23.0 Å². The van der Waals surface area contributed by atoms with E-state index in [0.717, 1.165) is 6.07 Å². The number of likely N-dealkylation sites (tertiary alicyclic amines) is 1. The second-order valence-corrected chi connectivity index (χ2v) is 9.03. The van der Waals surface area contributed by atoms with Crippen molar-refractivity contribution in [3.63, 3.8) is 0 Å². The van der Waals surface area contributed by atoms with Gasteiger partial charge < -0.3 is 14.5 Å². The number of nitrogens with zero attached hydrogens (tertiary/aromatic N) is 5. The number of rotatable bonds is 7. The minimum Gasteiger partial charge on any atom is -0.381 e. The Labute approximate surface area is 196 Å². The van der Waals surface area contributed by atoms with Crippen LogP contribution < -0.4 is 4.90 Å². The molecule has 0 unspecified atom stereocenters. The van der Waals surface area contributed by atoms with Crippen LogP contribution in [-0.2, 0) is 22.3 Å². The molecule has 34 heavy (non-hydrogen) atoms. The van der Waals surface area contributed by atoms with Crippen LogP contribution in [0.2, 0.25) is 0 Å². The third-order valence-corrected chi connectivity index (χ3v) is 6.99. The van der Waals surface area contributed by atoms with Crippen LogP contribution in [0.5, 0.6) is 0 Å². The zero-order valence-corrected chi connectivity index (χ0v) is 19.1. The molecule has 0 radical (unpaired) electrons. The van der Waals surface area contributed by atoms with Crippen molar-refractivity contribution in [1.82, 2.24) is 14.7 Å². The highest BCUT2D eigenvalue weighted by Crippen LogP contribution is 2.45. The number of hydrogen-bond donors (Lipinski definition) is 0. The fourth-order valence-electron chi connectivity index (χ4n) is 5.11. The van der Waals surface area contributed by atoms with Crippen molar-refractivity contribution in [3.8, 4) is 6.07 Å². The first-order valence-corrected chi connectivity index (χ1v) is 11.4. The Kier molecular flexibility index (Phi) is 6.84. The van der Waals surface area contributed by atoms with Crippen LogP contribution in [0.4, 0.5) is 18.9 Å². The van der Waals surface area contributed by atoms with E-state index in [9.17, 15) is 18.0 Å². The number of halogens is 3. The van der Waals surface area contributed by atoms with Crippen LogP contribution in [0, 0.1) is 22.7 Å². The minimum absolute atomic E-state index is 0.0463. The zero-order chi connectivity index (χ0) is 24.3. The Morgan fingerprint density at radius 3 is 2.85 bits per heavy atom. The van der Waals surface area contributed by atoms with Gasteiger partial charge in [-0.25, -0.2) is 0 Å². The second kappa shape index (κ2) is 9.66. The monoisotopic (exact) mass is 475 g/mol. The number of alkyl halides is 3. The van der Waals surface area contributed by atoms with Gasteiger partial charge in [0.25, 0.3) is 0 Å². The first-order valence-electron chi connectivity index (χ1n) is 11.4. The summed E-state index contributed by atoms with van der Waals surface area (Å²) in [6.07, 6.45) is -0.0533. The standard InChI is InChI=1S/C24H28F3N5O2/c1-2-34-17-23-7-11-30(20-5-4-18(13-28)21(12-20)24(25,26)27)14-19(23)15-31(16-23)22(33)6-10-32-9-3-8-29-32/h3-5,8-9,12,19H,2,6-7,10-11,14-17H2,1H3/t19-,23+/m1/s1. The molecule has 7 nitrogen and oxygen atoms in total. The highest BCUT2D eigenvalue weighted by molar-refractivity contribution is 5.76. The molecule has 1 aromatic carbocycles. The molecule has 2 saturated heterocycles. The lowest BCUT2D eigenvalue weighted by molar-refractivity contribution is -0.137. The summed E-state index contributed by atoms with van der Waals surface area (Å²) in [5.41, 5.74) is -1.07. The van der Waals surface area contributed by atoms with Crippen LogP contribution in [0.15, 0.2) is 36.7 Å². The van der Waals surface area contributed by atoms with Gasteiger partial charge in [-0.2, -0.15) is 23.5 Å². The second-order valence-electron chi connectivity index (χ2n) is 9.03. The van der Waals surface area contributed by atoms with Crippen LogP contribution >= 0.6 is 0 Å². The zero-order valence-electron chi connectivity index (χ0n) is 19.1. The van der Waals surface area contributed by atoms with Crippen molar-refractivity contribution in [2.45, 2.75) is 32.5 Å². The third kappa shape index (κ3) is 4.89. The number of aromatic nitrogens is 2. The molecular formula is C24H28F3N5O2. The summed E-state index contributed by atoms with van der Waals surface area (Å²) in [5, 5.41) is 13.2. The van der Waals surface area contributed by atoms with E-state index in [1.807, 2.05) is 29.0 Å². The molecule has 2 aliphatic heterocycles. The largest absolute Gasteiger partial charge is 0.417 e. The van der Waals surface area contributed by atoms with E-state index >= 15 is 0 Å². The van der Waals surface area contributed by atoms with E-state index in [0.29, 0.717) is 64.5 Å². The Morgan fingerprint density at radius 1 is 1.35 bits per heavy atom. The molecule has 2 atom stereocenters. The van der Waals surface area contributed by atoms with Crippen molar-refractivity contribution in [3.05, 3.63) is 47.8 Å². The summed E-state index contributed by atoms with van der Waals surface area (Å²) in [4.78, 5) is 16.8. The van der Waals surface area contributed by atoms with Gasteiger partial charge in [0, 0.05) is 75.2 Å². The van der Waals surface area contributed by atoms with E-state index in [4.69, 9.17) is 10.00 Å². The van der Waals surface area contributed by atoms with Gasteiger partial charge in [0.1, 0.15) is 0 Å². The molecule has 0 spiro atoms. The van der Waals surface area contributed by atoms with Crippen molar-refractivity contribution < 1.29 is 22.7 Å². The number of hydrogen-bond acceptors (Lipinski definition) is 5. The average Bonchev–Trinajstić information content (AvgIpc) is 3.48. The lowest BCUT2D eigenvalue weighted by Crippen LogP contribution is -2.49. The molecule has 182 valence electrons. The number of ether oxygens (including phenoxy) is 1. The molecular weight excluding hydrogens is 447 g/mol. The Hall–Kier alpha value is -3.06. The quantitative estimate of drug-likeness (QED) is 0.612. The summed E-state index contributed by atoms with van der Waals surface area (Å²) < 4.78 is 48.0. The molecule has 2 aromatic rings. The SMILES string of the molecule is CCOC[C@@]12CCN(c3ccc(C#N)c(C(F)(F)F)c3)C[C@@H]1CN(C(=O)CCn1cccn1)C2. The summed E-state index contributed by atoms with van der Waals surface area (Å²) >= 11 is 0. The molecule has 2 fully saturated rings. The summed E-state index contributed by atoms with van der Waals surface area (Å²) in [5.74, 6) is 0.122. The van der Waals surface area contributed by atoms with Crippen molar-refractivity contribution in [2.24, 2.45) is 11.3 Å². The van der Waals surface area contributed by atoms with E-state index in [-0.39, 0.29) is 22.8 Å². The van der Waals surface area contributed by atoms with Gasteiger partial charge in [-0.3, -0.25) is 9.48 Å². The van der Waals surface area contributed by atoms with E-state index < -0.39 is 11.7 Å². The molecule has 1 amide bonds. The first kappa shape index (κ1) is 24.1. The number of nitriles is 1. The number of benzene rings is 1. The molecule has 0 aliphatic carbocycles. The fourth-order valence-corrected chi connectivity index (χ4v) is 5.11. The predicted molar refractivity (Wildman–Crippen MR) is 119 cm³/mol. The molecule has 0 saturated carbocycles. The van der Waals surface area contributed by atoms with Crippen LogP contribution in [-0.4, -0.2) is 60.0 Å². The van der Waals surface area contributed by atoms with Crippen LogP contribution in [0.1, 0.15) is 30.9 Å². The molecule has 2 aliphatic rings. The lowest BCUT2D eigenvalue weighted by atomic mass is 9.73. The molecule has 3 heterocycles. The van der Waals surface area contributed by atoms with Crippen molar-refractivity contribution in [1.29, 1.82) is 5.26 Å². The van der Waals surface area contributed by atoms with Gasteiger partial charge in [0.15, 0.2) is 0 Å². The number of fused-ring (bicyclic) bond motifs is 1. The Bertz CT molecular complexity index is 1050. The van der Waals surface area contributed by atoms with Gasteiger partial charge in [-0.15, -0.1) is 0 Å². The van der Waals surface area contributed by atoms with E-state index in [2.05, 4.69) is 5.10 Å². The van der Waals surface area contributed by atoms with Crippen LogP contribution in [0.3, 0.4) is 0 Å². The summed E-state index contributed by atoms with van der Waals surface area (Å²) in [6.45, 7) is 5.74. The summed E-state index contributed by atoms with van der Waals surface area (Å²) in [7, 11) is 0. The summed E-state index contributed by atoms with van der Waals surface area (Å²) in [6, 6.07) is 7.32. The maximum Gasteiger partial charge on any atom is 0.417 e. The Morgan fingerprint density at radius 2 is 2.18 bits per heavy atom.